The van der Waals surface area contributed by atoms with Gasteiger partial charge in [0.2, 0.25) is 0 Å². The van der Waals surface area contributed by atoms with Gasteiger partial charge in [-0.1, -0.05) is 35.3 Å². The van der Waals surface area contributed by atoms with Gasteiger partial charge in [-0.25, -0.2) is 0 Å². The fourth-order valence-corrected chi connectivity index (χ4v) is 3.18. The van der Waals surface area contributed by atoms with Crippen LogP contribution in [0.15, 0.2) is 41.3 Å². The molecule has 18 heavy (non-hydrogen) atoms. The number of rotatable bonds is 3. The van der Waals surface area contributed by atoms with E-state index in [2.05, 4.69) is 13.0 Å². The first-order valence-electron chi connectivity index (χ1n) is 5.49. The molecule has 0 atom stereocenters. The van der Waals surface area contributed by atoms with E-state index in [4.69, 9.17) is 28.9 Å². The van der Waals surface area contributed by atoms with Crippen LogP contribution in [0, 0.1) is 6.92 Å². The summed E-state index contributed by atoms with van der Waals surface area (Å²) in [6.07, 6.45) is 0. The van der Waals surface area contributed by atoms with Crippen LogP contribution < -0.4 is 5.73 Å². The number of hydrogen-bond acceptors (Lipinski definition) is 2. The molecule has 0 aliphatic heterocycles. The number of hydrogen-bond donors (Lipinski definition) is 1. The fraction of sp³-hybridized carbons (Fsp3) is 0.143. The molecule has 0 unspecified atom stereocenters. The van der Waals surface area contributed by atoms with Crippen LogP contribution in [0.5, 0.6) is 0 Å². The van der Waals surface area contributed by atoms with Crippen LogP contribution in [0.25, 0.3) is 0 Å². The zero-order valence-electron chi connectivity index (χ0n) is 9.91. The minimum Gasteiger partial charge on any atom is -0.398 e. The summed E-state index contributed by atoms with van der Waals surface area (Å²) in [6, 6.07) is 11.6. The predicted molar refractivity (Wildman–Crippen MR) is 81.6 cm³/mol. The quantitative estimate of drug-likeness (QED) is 0.624. The van der Waals surface area contributed by atoms with Crippen molar-refractivity contribution in [2.75, 3.05) is 5.73 Å². The highest BCUT2D eigenvalue weighted by Crippen LogP contribution is 2.32. The summed E-state index contributed by atoms with van der Waals surface area (Å²) >= 11 is 13.7. The molecule has 0 bridgehead atoms. The summed E-state index contributed by atoms with van der Waals surface area (Å²) in [4.78, 5) is 1.08. The van der Waals surface area contributed by atoms with Crippen molar-refractivity contribution >= 4 is 40.7 Å². The normalized spacial score (nSPS) is 10.6. The van der Waals surface area contributed by atoms with Crippen molar-refractivity contribution in [1.29, 1.82) is 0 Å². The Bertz CT molecular complexity index is 570. The predicted octanol–water partition coefficient (Wildman–Crippen LogP) is 5.18. The van der Waals surface area contributed by atoms with Crippen LogP contribution in [-0.4, -0.2) is 0 Å². The first kappa shape index (κ1) is 13.6. The van der Waals surface area contributed by atoms with Crippen molar-refractivity contribution in [3.05, 3.63) is 57.6 Å². The van der Waals surface area contributed by atoms with Crippen molar-refractivity contribution in [2.45, 2.75) is 17.6 Å². The Morgan fingerprint density at radius 3 is 2.61 bits per heavy atom. The molecule has 0 aromatic heterocycles. The van der Waals surface area contributed by atoms with Crippen LogP contribution >= 0.6 is 35.0 Å². The van der Waals surface area contributed by atoms with Gasteiger partial charge < -0.3 is 5.73 Å². The summed E-state index contributed by atoms with van der Waals surface area (Å²) in [5.41, 5.74) is 9.01. The molecular weight excluding hydrogens is 285 g/mol. The van der Waals surface area contributed by atoms with Gasteiger partial charge in [-0.15, -0.1) is 11.8 Å². The van der Waals surface area contributed by atoms with E-state index in [9.17, 15) is 0 Å². The maximum Gasteiger partial charge on any atom is 0.0461 e. The standard InChI is InChI=1S/C14H13Cl2NS/c1-9-2-5-13(17)14(6-9)18-8-10-3-4-11(15)7-12(10)16/h2-7H,8,17H2,1H3. The summed E-state index contributed by atoms with van der Waals surface area (Å²) < 4.78 is 0. The third kappa shape index (κ3) is 3.35. The number of benzene rings is 2. The van der Waals surface area contributed by atoms with Crippen LogP contribution in [0.4, 0.5) is 5.69 Å². The highest BCUT2D eigenvalue weighted by atomic mass is 35.5. The van der Waals surface area contributed by atoms with Crippen molar-refractivity contribution in [1.82, 2.24) is 0 Å². The molecule has 4 heteroatoms. The molecule has 0 aliphatic carbocycles. The summed E-state index contributed by atoms with van der Waals surface area (Å²) in [5.74, 6) is 0.781. The molecule has 0 spiro atoms. The molecule has 1 nitrogen and oxygen atoms in total. The molecule has 0 heterocycles. The molecule has 0 radical (unpaired) electrons. The Labute approximate surface area is 121 Å². The number of anilines is 1. The lowest BCUT2D eigenvalue weighted by molar-refractivity contribution is 1.34. The SMILES string of the molecule is Cc1ccc(N)c(SCc2ccc(Cl)cc2Cl)c1. The van der Waals surface area contributed by atoms with Crippen molar-refractivity contribution < 1.29 is 0 Å². The molecule has 2 aromatic rings. The van der Waals surface area contributed by atoms with Gasteiger partial charge in [0.15, 0.2) is 0 Å². The number of halogens is 2. The summed E-state index contributed by atoms with van der Waals surface area (Å²) in [5, 5.41) is 1.35. The lowest BCUT2D eigenvalue weighted by atomic mass is 10.2. The maximum absolute atomic E-state index is 6.14. The Hall–Kier alpha value is -0.830. The second kappa shape index (κ2) is 5.87. The van der Waals surface area contributed by atoms with E-state index in [1.807, 2.05) is 24.3 Å². The third-order valence-electron chi connectivity index (χ3n) is 2.57. The van der Waals surface area contributed by atoms with E-state index in [-0.39, 0.29) is 0 Å². The zero-order chi connectivity index (χ0) is 13.1. The first-order chi connectivity index (χ1) is 8.56. The molecule has 0 saturated heterocycles. The van der Waals surface area contributed by atoms with E-state index in [1.54, 1.807) is 17.8 Å². The number of nitrogens with two attached hydrogens (primary N) is 1. The Kier molecular flexibility index (Phi) is 4.44. The smallest absolute Gasteiger partial charge is 0.0461 e. The van der Waals surface area contributed by atoms with E-state index < -0.39 is 0 Å². The molecular formula is C14H13Cl2NS. The van der Waals surface area contributed by atoms with E-state index >= 15 is 0 Å². The molecule has 94 valence electrons. The van der Waals surface area contributed by atoms with Gasteiger partial charge in [0.25, 0.3) is 0 Å². The minimum atomic E-state index is 0.656. The molecule has 2 N–H and O–H groups in total. The molecule has 0 aliphatic rings. The average Bonchev–Trinajstić information content (AvgIpc) is 2.32. The van der Waals surface area contributed by atoms with Gasteiger partial charge >= 0.3 is 0 Å². The average molecular weight is 298 g/mol. The van der Waals surface area contributed by atoms with Gasteiger partial charge in [-0.2, -0.15) is 0 Å². The zero-order valence-corrected chi connectivity index (χ0v) is 12.2. The lowest BCUT2D eigenvalue weighted by Gasteiger charge is -2.08. The highest BCUT2D eigenvalue weighted by Gasteiger charge is 2.05. The van der Waals surface area contributed by atoms with Crippen LogP contribution in [0.1, 0.15) is 11.1 Å². The van der Waals surface area contributed by atoms with Gasteiger partial charge in [0.05, 0.1) is 0 Å². The van der Waals surface area contributed by atoms with E-state index in [0.29, 0.717) is 10.0 Å². The number of nitrogen functional groups attached to an aromatic ring is 1. The summed E-state index contributed by atoms with van der Waals surface area (Å²) in [6.45, 7) is 2.05. The van der Waals surface area contributed by atoms with E-state index in [0.717, 1.165) is 21.9 Å². The van der Waals surface area contributed by atoms with Crippen molar-refractivity contribution in [3.8, 4) is 0 Å². The van der Waals surface area contributed by atoms with Crippen molar-refractivity contribution in [3.63, 3.8) is 0 Å². The summed E-state index contributed by atoms with van der Waals surface area (Å²) in [7, 11) is 0. The topological polar surface area (TPSA) is 26.0 Å². The van der Waals surface area contributed by atoms with Crippen molar-refractivity contribution in [2.24, 2.45) is 0 Å². The second-order valence-electron chi connectivity index (χ2n) is 4.07. The maximum atomic E-state index is 6.14. The number of aryl methyl sites for hydroxylation is 1. The largest absolute Gasteiger partial charge is 0.398 e. The number of thioether (sulfide) groups is 1. The molecule has 2 rings (SSSR count). The Morgan fingerprint density at radius 2 is 1.89 bits per heavy atom. The van der Waals surface area contributed by atoms with Crippen LogP contribution in [0.3, 0.4) is 0 Å². The van der Waals surface area contributed by atoms with E-state index in [1.165, 1.54) is 5.56 Å². The van der Waals surface area contributed by atoms with Gasteiger partial charge in [-0.3, -0.25) is 0 Å². The van der Waals surface area contributed by atoms with Gasteiger partial charge in [0.1, 0.15) is 0 Å². The highest BCUT2D eigenvalue weighted by molar-refractivity contribution is 7.98. The first-order valence-corrected chi connectivity index (χ1v) is 7.23. The third-order valence-corrected chi connectivity index (χ3v) is 4.27. The molecule has 0 amide bonds. The monoisotopic (exact) mass is 297 g/mol. The second-order valence-corrected chi connectivity index (χ2v) is 5.93. The Morgan fingerprint density at radius 1 is 1.11 bits per heavy atom. The molecule has 0 fully saturated rings. The minimum absolute atomic E-state index is 0.656. The molecule has 2 aromatic carbocycles. The Balaban J connectivity index is 2.13. The van der Waals surface area contributed by atoms with Crippen LogP contribution in [0.2, 0.25) is 10.0 Å². The van der Waals surface area contributed by atoms with Gasteiger partial charge in [-0.05, 0) is 42.3 Å². The lowest BCUT2D eigenvalue weighted by Crippen LogP contribution is -1.90. The van der Waals surface area contributed by atoms with Gasteiger partial charge in [0, 0.05) is 26.4 Å². The van der Waals surface area contributed by atoms with Crippen LogP contribution in [-0.2, 0) is 5.75 Å². The molecule has 0 saturated carbocycles. The fourth-order valence-electron chi connectivity index (χ4n) is 1.56.